The summed E-state index contributed by atoms with van der Waals surface area (Å²) < 4.78 is 0. The maximum Gasteiger partial charge on any atom is 0.339 e. The van der Waals surface area contributed by atoms with Crippen LogP contribution in [0.2, 0.25) is 5.02 Å². The first kappa shape index (κ1) is 12.4. The Kier molecular flexibility index (Phi) is 3.53. The third kappa shape index (κ3) is 2.46. The Hall–Kier alpha value is -2.01. The molecule has 2 heterocycles. The summed E-state index contributed by atoms with van der Waals surface area (Å²) in [7, 11) is 0. The minimum absolute atomic E-state index is 0.121. The molecule has 2 rings (SSSR count). The van der Waals surface area contributed by atoms with E-state index in [0.717, 1.165) is 0 Å². The van der Waals surface area contributed by atoms with Crippen LogP contribution in [0.5, 0.6) is 0 Å². The minimum Gasteiger partial charge on any atom is -0.478 e. The van der Waals surface area contributed by atoms with Crippen molar-refractivity contribution in [3.63, 3.8) is 0 Å². The third-order valence-electron chi connectivity index (χ3n) is 2.39. The van der Waals surface area contributed by atoms with Crippen molar-refractivity contribution < 1.29 is 9.90 Å². The first-order valence-corrected chi connectivity index (χ1v) is 5.70. The Morgan fingerprint density at radius 1 is 1.33 bits per heavy atom. The molecule has 0 aliphatic carbocycles. The van der Waals surface area contributed by atoms with Crippen molar-refractivity contribution in [2.75, 3.05) is 0 Å². The Morgan fingerprint density at radius 3 is 2.67 bits per heavy atom. The highest BCUT2D eigenvalue weighted by Crippen LogP contribution is 2.16. The number of aryl methyl sites for hydroxylation is 1. The normalized spacial score (nSPS) is 10.3. The molecule has 92 valence electrons. The van der Waals surface area contributed by atoms with Crippen LogP contribution in [0.1, 0.15) is 23.0 Å². The molecule has 0 unspecified atom stereocenters. The van der Waals surface area contributed by atoms with Crippen molar-refractivity contribution in [1.82, 2.24) is 15.0 Å². The summed E-state index contributed by atoms with van der Waals surface area (Å²) in [6, 6.07) is 3.38. The number of carbonyl (C=O) groups is 1. The van der Waals surface area contributed by atoms with Crippen molar-refractivity contribution in [3.05, 3.63) is 40.8 Å². The molecule has 0 saturated heterocycles. The lowest BCUT2D eigenvalue weighted by Crippen LogP contribution is -2.07. The number of pyridine rings is 1. The minimum atomic E-state index is -1.03. The Morgan fingerprint density at radius 2 is 2.11 bits per heavy atom. The van der Waals surface area contributed by atoms with E-state index in [4.69, 9.17) is 16.7 Å². The standard InChI is InChI=1S/C12H10ClN3O2/c1-2-9-8(12(17)18)6-15-11(16-9)10-4-3-7(13)5-14-10/h3-6H,2H2,1H3,(H,17,18). The predicted octanol–water partition coefficient (Wildman–Crippen LogP) is 2.45. The van der Waals surface area contributed by atoms with Gasteiger partial charge in [0.1, 0.15) is 5.69 Å². The molecule has 0 bridgehead atoms. The highest BCUT2D eigenvalue weighted by Gasteiger charge is 2.13. The van der Waals surface area contributed by atoms with Gasteiger partial charge in [0, 0.05) is 12.4 Å². The second-order valence-corrected chi connectivity index (χ2v) is 4.01. The van der Waals surface area contributed by atoms with Crippen LogP contribution in [0, 0.1) is 0 Å². The summed E-state index contributed by atoms with van der Waals surface area (Å²) >= 11 is 5.74. The number of nitrogens with zero attached hydrogens (tertiary/aromatic N) is 3. The predicted molar refractivity (Wildman–Crippen MR) is 66.6 cm³/mol. The van der Waals surface area contributed by atoms with Gasteiger partial charge in [-0.15, -0.1) is 0 Å². The molecule has 18 heavy (non-hydrogen) atoms. The molecule has 2 aromatic heterocycles. The number of aromatic nitrogens is 3. The van der Waals surface area contributed by atoms with Gasteiger partial charge in [0.25, 0.3) is 0 Å². The van der Waals surface area contributed by atoms with Gasteiger partial charge in [-0.1, -0.05) is 18.5 Å². The fourth-order valence-electron chi connectivity index (χ4n) is 1.50. The van der Waals surface area contributed by atoms with Crippen LogP contribution in [-0.4, -0.2) is 26.0 Å². The van der Waals surface area contributed by atoms with Crippen LogP contribution < -0.4 is 0 Å². The molecule has 0 radical (unpaired) electrons. The summed E-state index contributed by atoms with van der Waals surface area (Å²) in [5.41, 5.74) is 1.17. The van der Waals surface area contributed by atoms with Crippen LogP contribution in [0.4, 0.5) is 0 Å². The van der Waals surface area contributed by atoms with E-state index in [1.54, 1.807) is 12.1 Å². The second-order valence-electron chi connectivity index (χ2n) is 3.57. The number of hydrogen-bond donors (Lipinski definition) is 1. The molecular weight excluding hydrogens is 254 g/mol. The topological polar surface area (TPSA) is 76.0 Å². The van der Waals surface area contributed by atoms with Gasteiger partial charge >= 0.3 is 5.97 Å². The van der Waals surface area contributed by atoms with Gasteiger partial charge in [0.2, 0.25) is 0 Å². The zero-order valence-corrected chi connectivity index (χ0v) is 10.3. The fraction of sp³-hybridized carbons (Fsp3) is 0.167. The number of hydrogen-bond acceptors (Lipinski definition) is 4. The first-order valence-electron chi connectivity index (χ1n) is 5.33. The van der Waals surface area contributed by atoms with Gasteiger partial charge in [-0.05, 0) is 18.6 Å². The SMILES string of the molecule is CCc1nc(-c2ccc(Cl)cn2)ncc1C(=O)O. The summed E-state index contributed by atoms with van der Waals surface area (Å²) in [6.07, 6.45) is 3.32. The number of aromatic carboxylic acids is 1. The quantitative estimate of drug-likeness (QED) is 0.920. The largest absolute Gasteiger partial charge is 0.478 e. The average Bonchev–Trinajstić information content (AvgIpc) is 2.38. The van der Waals surface area contributed by atoms with Crippen molar-refractivity contribution in [1.29, 1.82) is 0 Å². The molecule has 0 saturated carbocycles. The summed E-state index contributed by atoms with van der Waals surface area (Å²) in [4.78, 5) is 23.3. The third-order valence-corrected chi connectivity index (χ3v) is 2.61. The molecule has 0 spiro atoms. The van der Waals surface area contributed by atoms with Crippen LogP contribution in [0.15, 0.2) is 24.5 Å². The van der Waals surface area contributed by atoms with E-state index in [9.17, 15) is 4.79 Å². The van der Waals surface area contributed by atoms with Gasteiger partial charge in [-0.3, -0.25) is 4.98 Å². The zero-order valence-electron chi connectivity index (χ0n) is 9.59. The van der Waals surface area contributed by atoms with Gasteiger partial charge in [-0.2, -0.15) is 0 Å². The molecule has 0 aromatic carbocycles. The molecule has 1 N–H and O–H groups in total. The van der Waals surface area contributed by atoms with Crippen molar-refractivity contribution in [3.8, 4) is 11.5 Å². The van der Waals surface area contributed by atoms with E-state index in [-0.39, 0.29) is 5.56 Å². The first-order chi connectivity index (χ1) is 8.61. The number of halogens is 1. The van der Waals surface area contributed by atoms with E-state index in [2.05, 4.69) is 15.0 Å². The lowest BCUT2D eigenvalue weighted by atomic mass is 10.2. The number of carboxylic acids is 1. The maximum absolute atomic E-state index is 11.0. The van der Waals surface area contributed by atoms with Gasteiger partial charge in [0.05, 0.1) is 16.3 Å². The van der Waals surface area contributed by atoms with E-state index in [1.165, 1.54) is 12.4 Å². The lowest BCUT2D eigenvalue weighted by Gasteiger charge is -2.05. The molecule has 5 nitrogen and oxygen atoms in total. The highest BCUT2D eigenvalue weighted by molar-refractivity contribution is 6.30. The maximum atomic E-state index is 11.0. The van der Waals surface area contributed by atoms with Crippen molar-refractivity contribution in [2.45, 2.75) is 13.3 Å². The van der Waals surface area contributed by atoms with Crippen LogP contribution >= 0.6 is 11.6 Å². The molecule has 0 aliphatic rings. The Bertz CT molecular complexity index is 584. The fourth-order valence-corrected chi connectivity index (χ4v) is 1.61. The zero-order chi connectivity index (χ0) is 13.1. The Labute approximate surface area is 109 Å². The monoisotopic (exact) mass is 263 g/mol. The summed E-state index contributed by atoms with van der Waals surface area (Å²) in [6.45, 7) is 1.84. The number of carboxylic acid groups (broad SMARTS) is 1. The van der Waals surface area contributed by atoms with E-state index < -0.39 is 5.97 Å². The van der Waals surface area contributed by atoms with E-state index >= 15 is 0 Å². The van der Waals surface area contributed by atoms with E-state index in [1.807, 2.05) is 6.92 Å². The van der Waals surface area contributed by atoms with Crippen LogP contribution in [0.25, 0.3) is 11.5 Å². The van der Waals surface area contributed by atoms with Gasteiger partial charge in [0.15, 0.2) is 5.82 Å². The summed E-state index contributed by atoms with van der Waals surface area (Å²) in [5.74, 6) is -0.629. The molecule has 0 fully saturated rings. The smallest absolute Gasteiger partial charge is 0.339 e. The molecule has 0 atom stereocenters. The molecule has 0 aliphatic heterocycles. The second kappa shape index (κ2) is 5.10. The van der Waals surface area contributed by atoms with Gasteiger partial charge < -0.3 is 5.11 Å². The lowest BCUT2D eigenvalue weighted by molar-refractivity contribution is 0.0694. The molecule has 0 amide bonds. The van der Waals surface area contributed by atoms with Crippen LogP contribution in [-0.2, 0) is 6.42 Å². The number of rotatable bonds is 3. The molecule has 2 aromatic rings. The van der Waals surface area contributed by atoms with Crippen LogP contribution in [0.3, 0.4) is 0 Å². The highest BCUT2D eigenvalue weighted by atomic mass is 35.5. The average molecular weight is 264 g/mol. The molecule has 6 heteroatoms. The van der Waals surface area contributed by atoms with Gasteiger partial charge in [-0.25, -0.2) is 14.8 Å². The van der Waals surface area contributed by atoms with E-state index in [0.29, 0.717) is 28.7 Å². The van der Waals surface area contributed by atoms with Crippen molar-refractivity contribution in [2.24, 2.45) is 0 Å². The van der Waals surface area contributed by atoms with Crippen molar-refractivity contribution >= 4 is 17.6 Å². The summed E-state index contributed by atoms with van der Waals surface area (Å²) in [5, 5.41) is 9.51. The molecular formula is C12H10ClN3O2. The Balaban J connectivity index is 2.47.